The molecule has 0 unspecified atom stereocenters. The van der Waals surface area contributed by atoms with E-state index in [2.05, 4.69) is 11.9 Å². The summed E-state index contributed by atoms with van der Waals surface area (Å²) in [6, 6.07) is 0.673. The van der Waals surface area contributed by atoms with Crippen molar-refractivity contribution in [2.24, 2.45) is 0 Å². The fourth-order valence-corrected chi connectivity index (χ4v) is 2.17. The van der Waals surface area contributed by atoms with Crippen molar-refractivity contribution in [3.05, 3.63) is 0 Å². The van der Waals surface area contributed by atoms with Gasteiger partial charge in [-0.3, -0.25) is 0 Å². The molecule has 0 saturated carbocycles. The van der Waals surface area contributed by atoms with E-state index in [0.29, 0.717) is 6.04 Å². The predicted octanol–water partition coefficient (Wildman–Crippen LogP) is 0.0579. The van der Waals surface area contributed by atoms with Gasteiger partial charge in [-0.05, 0) is 13.5 Å². The van der Waals surface area contributed by atoms with Gasteiger partial charge in [-0.15, -0.1) is 0 Å². The molecule has 2 rings (SSSR count). The Balaban J connectivity index is 2.06. The molecule has 0 N–H and O–H groups in total. The van der Waals surface area contributed by atoms with E-state index >= 15 is 0 Å². The summed E-state index contributed by atoms with van der Waals surface area (Å²) >= 11 is 0. The number of carbonyl (C=O) groups excluding carboxylic acids is 1. The first-order chi connectivity index (χ1) is 6.18. The van der Waals surface area contributed by atoms with Gasteiger partial charge in [-0.1, -0.05) is 0 Å². The van der Waals surface area contributed by atoms with Gasteiger partial charge in [0.2, 0.25) is 0 Å². The van der Waals surface area contributed by atoms with E-state index in [1.165, 1.54) is 0 Å². The number of rotatable bonds is 0. The normalized spacial score (nSPS) is 30.6. The first kappa shape index (κ1) is 8.81. The Hall–Kier alpha value is -0.770. The first-order valence-electron chi connectivity index (χ1n) is 4.89. The number of hydrogen-bond donors (Lipinski definition) is 0. The third kappa shape index (κ3) is 1.50. The van der Waals surface area contributed by atoms with Gasteiger partial charge >= 0.3 is 6.03 Å². The Labute approximate surface area is 79.1 Å². The molecular weight excluding hydrogens is 166 g/mol. The van der Waals surface area contributed by atoms with Crippen LogP contribution in [0.15, 0.2) is 0 Å². The molecule has 1 atom stereocenters. The molecule has 0 aromatic heterocycles. The van der Waals surface area contributed by atoms with Gasteiger partial charge in [0.15, 0.2) is 0 Å². The summed E-state index contributed by atoms with van der Waals surface area (Å²) in [7, 11) is 4.01. The number of carbonyl (C=O) groups is 1. The maximum atomic E-state index is 11.7. The largest absolute Gasteiger partial charge is 0.328 e. The van der Waals surface area contributed by atoms with Gasteiger partial charge in [0, 0.05) is 39.3 Å². The van der Waals surface area contributed by atoms with Crippen LogP contribution in [0.5, 0.6) is 0 Å². The summed E-state index contributed by atoms with van der Waals surface area (Å²) < 4.78 is 0. The maximum absolute atomic E-state index is 11.7. The molecule has 0 aromatic rings. The number of nitrogens with zero attached hydrogens (tertiary/aromatic N) is 3. The number of fused-ring (bicyclic) bond motifs is 1. The predicted molar refractivity (Wildman–Crippen MR) is 50.6 cm³/mol. The monoisotopic (exact) mass is 183 g/mol. The minimum absolute atomic E-state index is 0.212. The summed E-state index contributed by atoms with van der Waals surface area (Å²) in [6.07, 6.45) is 1.12. The van der Waals surface area contributed by atoms with Crippen molar-refractivity contribution in [2.45, 2.75) is 12.5 Å². The van der Waals surface area contributed by atoms with Gasteiger partial charge in [-0.2, -0.15) is 0 Å². The average molecular weight is 183 g/mol. The molecule has 0 aliphatic carbocycles. The first-order valence-corrected chi connectivity index (χ1v) is 4.89. The molecule has 74 valence electrons. The Morgan fingerprint density at radius 3 is 2.77 bits per heavy atom. The molecule has 2 saturated heterocycles. The fraction of sp³-hybridized carbons (Fsp3) is 0.889. The zero-order chi connectivity index (χ0) is 9.42. The van der Waals surface area contributed by atoms with Crippen LogP contribution in [0, 0.1) is 0 Å². The maximum Gasteiger partial charge on any atom is 0.320 e. The molecule has 0 spiro atoms. The number of likely N-dealkylation sites (N-methyl/N-ethyl adjacent to an activating group) is 1. The van der Waals surface area contributed by atoms with E-state index in [4.69, 9.17) is 0 Å². The van der Waals surface area contributed by atoms with Gasteiger partial charge < -0.3 is 14.7 Å². The highest BCUT2D eigenvalue weighted by Gasteiger charge is 2.34. The number of piperazine rings is 1. The number of hydrogen-bond acceptors (Lipinski definition) is 2. The number of amides is 2. The van der Waals surface area contributed by atoms with Crippen LogP contribution in [-0.2, 0) is 0 Å². The van der Waals surface area contributed by atoms with Crippen LogP contribution >= 0.6 is 0 Å². The van der Waals surface area contributed by atoms with E-state index in [-0.39, 0.29) is 6.03 Å². The number of urea groups is 1. The van der Waals surface area contributed by atoms with Crippen molar-refractivity contribution >= 4 is 6.03 Å². The molecule has 0 aromatic carbocycles. The summed E-state index contributed by atoms with van der Waals surface area (Å²) in [4.78, 5) is 17.8. The molecule has 0 radical (unpaired) electrons. The molecule has 4 heteroatoms. The third-order valence-electron chi connectivity index (χ3n) is 3.06. The standard InChI is InChI=1S/C9H17N3O/c1-10-5-6-12-8(7-10)3-4-11(2)9(12)13/h8H,3-7H2,1-2H3/t8-/m0/s1. The van der Waals surface area contributed by atoms with Crippen LogP contribution in [0.2, 0.25) is 0 Å². The Kier molecular flexibility index (Phi) is 2.15. The van der Waals surface area contributed by atoms with Crippen LogP contribution in [0.3, 0.4) is 0 Å². The van der Waals surface area contributed by atoms with Crippen LogP contribution < -0.4 is 0 Å². The van der Waals surface area contributed by atoms with Crippen LogP contribution in [0.25, 0.3) is 0 Å². The van der Waals surface area contributed by atoms with E-state index in [1.54, 1.807) is 0 Å². The lowest BCUT2D eigenvalue weighted by molar-refractivity contribution is 0.0600. The SMILES string of the molecule is CN1CCN2C(=O)N(C)CC[C@H]2C1. The minimum atomic E-state index is 0.212. The van der Waals surface area contributed by atoms with E-state index < -0.39 is 0 Å². The van der Waals surface area contributed by atoms with Gasteiger partial charge in [0.1, 0.15) is 0 Å². The average Bonchev–Trinajstić information content (AvgIpc) is 2.12. The van der Waals surface area contributed by atoms with Crippen molar-refractivity contribution in [3.63, 3.8) is 0 Å². The van der Waals surface area contributed by atoms with Crippen LogP contribution in [-0.4, -0.2) is 67.0 Å². The van der Waals surface area contributed by atoms with Crippen molar-refractivity contribution in [1.29, 1.82) is 0 Å². The van der Waals surface area contributed by atoms with Crippen molar-refractivity contribution in [3.8, 4) is 0 Å². The highest BCUT2D eigenvalue weighted by molar-refractivity contribution is 5.75. The summed E-state index contributed by atoms with van der Waals surface area (Å²) in [5.41, 5.74) is 0. The zero-order valence-electron chi connectivity index (χ0n) is 8.36. The van der Waals surface area contributed by atoms with Gasteiger partial charge in [0.05, 0.1) is 0 Å². The second-order valence-electron chi connectivity index (χ2n) is 4.10. The Morgan fingerprint density at radius 2 is 2.00 bits per heavy atom. The smallest absolute Gasteiger partial charge is 0.320 e. The minimum Gasteiger partial charge on any atom is -0.328 e. The second kappa shape index (κ2) is 3.18. The molecule has 0 bridgehead atoms. The molecular formula is C9H17N3O. The fourth-order valence-electron chi connectivity index (χ4n) is 2.17. The van der Waals surface area contributed by atoms with Crippen molar-refractivity contribution in [1.82, 2.24) is 14.7 Å². The molecule has 2 aliphatic heterocycles. The Bertz CT molecular complexity index is 219. The summed E-state index contributed by atoms with van der Waals surface area (Å²) in [5, 5.41) is 0. The van der Waals surface area contributed by atoms with Crippen molar-refractivity contribution in [2.75, 3.05) is 40.3 Å². The van der Waals surface area contributed by atoms with Crippen LogP contribution in [0.4, 0.5) is 4.79 Å². The van der Waals surface area contributed by atoms with Crippen LogP contribution in [0.1, 0.15) is 6.42 Å². The van der Waals surface area contributed by atoms with Gasteiger partial charge in [-0.25, -0.2) is 4.79 Å². The Morgan fingerprint density at radius 1 is 1.23 bits per heavy atom. The third-order valence-corrected chi connectivity index (χ3v) is 3.06. The zero-order valence-corrected chi connectivity index (χ0v) is 8.36. The van der Waals surface area contributed by atoms with E-state index in [1.807, 2.05) is 16.8 Å². The van der Waals surface area contributed by atoms with E-state index in [9.17, 15) is 4.79 Å². The van der Waals surface area contributed by atoms with E-state index in [0.717, 1.165) is 32.6 Å². The lowest BCUT2D eigenvalue weighted by Crippen LogP contribution is -2.60. The molecule has 4 nitrogen and oxygen atoms in total. The molecule has 2 amide bonds. The molecule has 2 heterocycles. The molecule has 2 aliphatic rings. The van der Waals surface area contributed by atoms with Gasteiger partial charge in [0.25, 0.3) is 0 Å². The molecule has 13 heavy (non-hydrogen) atoms. The van der Waals surface area contributed by atoms with Crippen molar-refractivity contribution < 1.29 is 4.79 Å². The highest BCUT2D eigenvalue weighted by Crippen LogP contribution is 2.18. The lowest BCUT2D eigenvalue weighted by Gasteiger charge is -2.45. The summed E-state index contributed by atoms with van der Waals surface area (Å²) in [6.45, 7) is 3.85. The molecule has 2 fully saturated rings. The lowest BCUT2D eigenvalue weighted by atomic mass is 10.1. The quantitative estimate of drug-likeness (QED) is 0.531. The second-order valence-corrected chi connectivity index (χ2v) is 4.10. The summed E-state index contributed by atoms with van der Waals surface area (Å²) in [5.74, 6) is 0. The topological polar surface area (TPSA) is 26.8 Å². The highest BCUT2D eigenvalue weighted by atomic mass is 16.2.